The monoisotopic (exact) mass is 538 g/mol. The lowest BCUT2D eigenvalue weighted by atomic mass is 10.2. The number of sulfonamides is 1. The fraction of sp³-hybridized carbons (Fsp3) is 0.500. The molecule has 10 heteroatoms. The van der Waals surface area contributed by atoms with Gasteiger partial charge in [-0.2, -0.15) is 4.31 Å². The molecule has 0 saturated carbocycles. The van der Waals surface area contributed by atoms with Crippen molar-refractivity contribution in [1.82, 2.24) is 14.9 Å². The summed E-state index contributed by atoms with van der Waals surface area (Å²) in [5, 5.41) is 6.44. The maximum atomic E-state index is 12.7. The molecule has 1 saturated heterocycles. The number of guanidine groups is 1. The number of furan rings is 1. The molecule has 1 aliphatic rings. The lowest BCUT2D eigenvalue weighted by Gasteiger charge is -2.25. The summed E-state index contributed by atoms with van der Waals surface area (Å²) in [5.41, 5.74) is 0. The summed E-state index contributed by atoms with van der Waals surface area (Å²) in [6.07, 6.45) is 5.43. The number of aliphatic imine (C=N–C) groups is 1. The van der Waals surface area contributed by atoms with E-state index in [-0.39, 0.29) is 24.0 Å². The van der Waals surface area contributed by atoms with E-state index in [1.54, 1.807) is 23.7 Å². The first kappa shape index (κ1) is 23.2. The van der Waals surface area contributed by atoms with Gasteiger partial charge in [-0.3, -0.25) is 4.99 Å². The van der Waals surface area contributed by atoms with Crippen LogP contribution in [0, 0.1) is 0 Å². The molecular formula is C18H27IN4O3S2. The van der Waals surface area contributed by atoms with Gasteiger partial charge in [-0.15, -0.1) is 35.3 Å². The molecule has 3 heterocycles. The molecule has 0 amide bonds. The number of rotatable bonds is 7. The van der Waals surface area contributed by atoms with E-state index in [2.05, 4.69) is 15.6 Å². The Morgan fingerprint density at radius 3 is 2.68 bits per heavy atom. The van der Waals surface area contributed by atoms with Crippen LogP contribution in [-0.2, 0) is 23.0 Å². The molecule has 0 atom stereocenters. The summed E-state index contributed by atoms with van der Waals surface area (Å²) in [5.74, 6) is 1.60. The van der Waals surface area contributed by atoms with Gasteiger partial charge in [-0.05, 0) is 37.1 Å². The van der Waals surface area contributed by atoms with Crippen LogP contribution in [0.2, 0.25) is 0 Å². The molecule has 2 N–H and O–H groups in total. The molecule has 0 aliphatic carbocycles. The molecule has 2 aromatic rings. The van der Waals surface area contributed by atoms with E-state index in [9.17, 15) is 8.42 Å². The van der Waals surface area contributed by atoms with Gasteiger partial charge in [-0.1, -0.05) is 6.42 Å². The van der Waals surface area contributed by atoms with Crippen molar-refractivity contribution in [1.29, 1.82) is 0 Å². The summed E-state index contributed by atoms with van der Waals surface area (Å²) in [4.78, 5) is 5.15. The number of hydrogen-bond donors (Lipinski definition) is 2. The van der Waals surface area contributed by atoms with Gasteiger partial charge in [0.25, 0.3) is 10.0 Å². The van der Waals surface area contributed by atoms with Gasteiger partial charge in [0.05, 0.1) is 12.8 Å². The molecule has 28 heavy (non-hydrogen) atoms. The smallest absolute Gasteiger partial charge is 0.252 e. The largest absolute Gasteiger partial charge is 0.469 e. The van der Waals surface area contributed by atoms with Crippen LogP contribution < -0.4 is 10.6 Å². The van der Waals surface area contributed by atoms with Gasteiger partial charge in [0.2, 0.25) is 0 Å². The topological polar surface area (TPSA) is 86.9 Å². The molecule has 0 spiro atoms. The van der Waals surface area contributed by atoms with Crippen molar-refractivity contribution >= 4 is 51.3 Å². The van der Waals surface area contributed by atoms with E-state index in [1.165, 1.54) is 11.3 Å². The Labute approximate surface area is 187 Å². The maximum absolute atomic E-state index is 12.7. The zero-order chi connectivity index (χ0) is 19.1. The van der Waals surface area contributed by atoms with Crippen molar-refractivity contribution in [2.24, 2.45) is 4.99 Å². The van der Waals surface area contributed by atoms with Crippen molar-refractivity contribution < 1.29 is 12.8 Å². The van der Waals surface area contributed by atoms with Crippen molar-refractivity contribution in [2.45, 2.75) is 36.4 Å². The molecule has 0 unspecified atom stereocenters. The van der Waals surface area contributed by atoms with Crippen LogP contribution in [0.5, 0.6) is 0 Å². The Kier molecular flexibility index (Phi) is 9.25. The molecule has 1 aliphatic heterocycles. The average Bonchev–Trinajstić information content (AvgIpc) is 3.37. The van der Waals surface area contributed by atoms with Crippen LogP contribution in [0.1, 0.15) is 29.9 Å². The minimum atomic E-state index is -3.36. The number of hydrogen-bond acceptors (Lipinski definition) is 5. The van der Waals surface area contributed by atoms with Crippen LogP contribution >= 0.6 is 35.3 Å². The number of halogens is 1. The predicted octanol–water partition coefficient (Wildman–Crippen LogP) is 3.04. The molecule has 0 radical (unpaired) electrons. The summed E-state index contributed by atoms with van der Waals surface area (Å²) in [6, 6.07) is 7.38. The Balaban J connectivity index is 0.00000280. The minimum Gasteiger partial charge on any atom is -0.469 e. The standard InChI is InChI=1S/C18H26N4O3S2.HI/c1-19-18(20-10-9-15-6-5-13-25-15)21-14-16-7-8-17(26-16)27(23,24)22-11-3-2-4-12-22;/h5-8,13H,2-4,9-12,14H2,1H3,(H2,19,20,21);1H. The summed E-state index contributed by atoms with van der Waals surface area (Å²) >= 11 is 1.32. The van der Waals surface area contributed by atoms with E-state index in [4.69, 9.17) is 4.42 Å². The first-order valence-corrected chi connectivity index (χ1v) is 11.4. The first-order chi connectivity index (χ1) is 13.1. The third kappa shape index (κ3) is 6.19. The normalized spacial score (nSPS) is 15.8. The SMILES string of the molecule is CN=C(NCCc1ccco1)NCc1ccc(S(=O)(=O)N2CCCCC2)s1.I. The van der Waals surface area contributed by atoms with Crippen LogP contribution in [0.3, 0.4) is 0 Å². The lowest BCUT2D eigenvalue weighted by Crippen LogP contribution is -2.37. The van der Waals surface area contributed by atoms with Crippen molar-refractivity contribution in [3.63, 3.8) is 0 Å². The number of piperidine rings is 1. The fourth-order valence-corrected chi connectivity index (χ4v) is 5.94. The second kappa shape index (κ2) is 11.2. The minimum absolute atomic E-state index is 0. The van der Waals surface area contributed by atoms with Crippen molar-refractivity contribution in [3.05, 3.63) is 41.2 Å². The van der Waals surface area contributed by atoms with E-state index >= 15 is 0 Å². The average molecular weight is 538 g/mol. The molecule has 2 aromatic heterocycles. The van der Waals surface area contributed by atoms with Crippen LogP contribution in [0.25, 0.3) is 0 Å². The highest BCUT2D eigenvalue weighted by atomic mass is 127. The van der Waals surface area contributed by atoms with Gasteiger partial charge in [0, 0.05) is 38.0 Å². The Morgan fingerprint density at radius 1 is 1.21 bits per heavy atom. The Morgan fingerprint density at radius 2 is 2.00 bits per heavy atom. The predicted molar refractivity (Wildman–Crippen MR) is 123 cm³/mol. The first-order valence-electron chi connectivity index (χ1n) is 9.15. The highest BCUT2D eigenvalue weighted by Gasteiger charge is 2.27. The van der Waals surface area contributed by atoms with E-state index in [0.29, 0.717) is 36.3 Å². The van der Waals surface area contributed by atoms with Crippen LogP contribution in [-0.4, -0.2) is 45.4 Å². The number of thiophene rings is 1. The Bertz CT molecular complexity index is 844. The van der Waals surface area contributed by atoms with E-state index in [1.807, 2.05) is 18.2 Å². The number of nitrogens with zero attached hydrogens (tertiary/aromatic N) is 2. The number of nitrogens with one attached hydrogen (secondary N) is 2. The third-order valence-electron chi connectivity index (χ3n) is 4.44. The molecule has 7 nitrogen and oxygen atoms in total. The molecule has 0 bridgehead atoms. The molecule has 3 rings (SSSR count). The second-order valence-corrected chi connectivity index (χ2v) is 9.70. The van der Waals surface area contributed by atoms with Gasteiger partial charge >= 0.3 is 0 Å². The third-order valence-corrected chi connectivity index (χ3v) is 7.90. The van der Waals surface area contributed by atoms with Crippen molar-refractivity contribution in [3.8, 4) is 0 Å². The van der Waals surface area contributed by atoms with Gasteiger partial charge in [0.15, 0.2) is 5.96 Å². The summed E-state index contributed by atoms with van der Waals surface area (Å²) < 4.78 is 32.8. The molecular weight excluding hydrogens is 511 g/mol. The van der Waals surface area contributed by atoms with E-state index < -0.39 is 10.0 Å². The van der Waals surface area contributed by atoms with Crippen LogP contribution in [0.15, 0.2) is 44.1 Å². The highest BCUT2D eigenvalue weighted by Crippen LogP contribution is 2.26. The van der Waals surface area contributed by atoms with Gasteiger partial charge in [-0.25, -0.2) is 8.42 Å². The lowest BCUT2D eigenvalue weighted by molar-refractivity contribution is 0.347. The highest BCUT2D eigenvalue weighted by molar-refractivity contribution is 14.0. The molecule has 156 valence electrons. The fourth-order valence-electron chi connectivity index (χ4n) is 2.97. The zero-order valence-corrected chi connectivity index (χ0v) is 19.9. The van der Waals surface area contributed by atoms with E-state index in [0.717, 1.165) is 36.3 Å². The summed E-state index contributed by atoms with van der Waals surface area (Å²) in [7, 11) is -1.65. The Hall–Kier alpha value is -1.11. The molecule has 0 aromatic carbocycles. The van der Waals surface area contributed by atoms with Gasteiger partial charge < -0.3 is 15.1 Å². The quantitative estimate of drug-likeness (QED) is 0.322. The van der Waals surface area contributed by atoms with Gasteiger partial charge in [0.1, 0.15) is 9.97 Å². The molecule has 1 fully saturated rings. The van der Waals surface area contributed by atoms with Crippen LogP contribution in [0.4, 0.5) is 0 Å². The zero-order valence-electron chi connectivity index (χ0n) is 15.9. The summed E-state index contributed by atoms with van der Waals surface area (Å²) in [6.45, 7) is 2.48. The second-order valence-electron chi connectivity index (χ2n) is 6.37. The maximum Gasteiger partial charge on any atom is 0.252 e. The van der Waals surface area contributed by atoms with Crippen molar-refractivity contribution in [2.75, 3.05) is 26.7 Å².